The van der Waals surface area contributed by atoms with Crippen LogP contribution in [0.4, 0.5) is 0 Å². The molecule has 0 fully saturated rings. The summed E-state index contributed by atoms with van der Waals surface area (Å²) in [6, 6.07) is 0. The van der Waals surface area contributed by atoms with Gasteiger partial charge in [0, 0.05) is 0 Å². The first-order chi connectivity index (χ1) is 4.16. The SMILES string of the molecule is CC=CC(C)=CC(C)C. The quantitative estimate of drug-likeness (QED) is 0.496. The van der Waals surface area contributed by atoms with E-state index in [1.54, 1.807) is 0 Å². The first-order valence-electron chi connectivity index (χ1n) is 3.48. The summed E-state index contributed by atoms with van der Waals surface area (Å²) in [6.45, 7) is 8.54. The number of rotatable bonds is 2. The maximum absolute atomic E-state index is 2.25. The molecule has 52 valence electrons. The molecular formula is C9H16. The summed E-state index contributed by atoms with van der Waals surface area (Å²) in [5.41, 5.74) is 1.35. The van der Waals surface area contributed by atoms with Gasteiger partial charge in [-0.15, -0.1) is 0 Å². The Kier molecular flexibility index (Phi) is 4.12. The molecule has 0 heterocycles. The molecule has 0 aromatic carbocycles. The second kappa shape index (κ2) is 4.37. The molecule has 0 aliphatic heterocycles. The van der Waals surface area contributed by atoms with Crippen molar-refractivity contribution in [1.29, 1.82) is 0 Å². The highest BCUT2D eigenvalue weighted by Crippen LogP contribution is 2.01. The lowest BCUT2D eigenvalue weighted by Crippen LogP contribution is -1.79. The van der Waals surface area contributed by atoms with Crippen LogP contribution in [-0.2, 0) is 0 Å². The van der Waals surface area contributed by atoms with E-state index in [-0.39, 0.29) is 0 Å². The summed E-state index contributed by atoms with van der Waals surface area (Å²) in [7, 11) is 0. The number of hydrogen-bond donors (Lipinski definition) is 0. The van der Waals surface area contributed by atoms with Crippen molar-refractivity contribution in [3.63, 3.8) is 0 Å². The summed E-state index contributed by atoms with van der Waals surface area (Å²) < 4.78 is 0. The molecule has 9 heavy (non-hydrogen) atoms. The van der Waals surface area contributed by atoms with Crippen LogP contribution in [0.15, 0.2) is 23.8 Å². The van der Waals surface area contributed by atoms with Crippen molar-refractivity contribution in [2.45, 2.75) is 27.7 Å². The lowest BCUT2D eigenvalue weighted by Gasteiger charge is -1.95. The Balaban J connectivity index is 3.84. The van der Waals surface area contributed by atoms with E-state index in [4.69, 9.17) is 0 Å². The zero-order valence-electron chi connectivity index (χ0n) is 6.81. The van der Waals surface area contributed by atoms with Crippen molar-refractivity contribution in [1.82, 2.24) is 0 Å². The smallest absolute Gasteiger partial charge is 0.0285 e. The van der Waals surface area contributed by atoms with Gasteiger partial charge in [0.15, 0.2) is 0 Å². The summed E-state index contributed by atoms with van der Waals surface area (Å²) in [6.07, 6.45) is 6.44. The van der Waals surface area contributed by atoms with Gasteiger partial charge in [0.25, 0.3) is 0 Å². The predicted molar refractivity (Wildman–Crippen MR) is 43.4 cm³/mol. The number of allylic oxidation sites excluding steroid dienone is 4. The van der Waals surface area contributed by atoms with Crippen molar-refractivity contribution in [3.05, 3.63) is 23.8 Å². The second-order valence-corrected chi connectivity index (χ2v) is 2.65. The van der Waals surface area contributed by atoms with Crippen LogP contribution in [0.3, 0.4) is 0 Å². The molecule has 0 bridgehead atoms. The third kappa shape index (κ3) is 5.35. The van der Waals surface area contributed by atoms with E-state index < -0.39 is 0 Å². The minimum atomic E-state index is 0.668. The van der Waals surface area contributed by atoms with Gasteiger partial charge in [-0.3, -0.25) is 0 Å². The average molecular weight is 124 g/mol. The number of hydrogen-bond acceptors (Lipinski definition) is 0. The standard InChI is InChI=1S/C9H16/c1-5-6-9(4)7-8(2)3/h5-8H,1-4H3. The van der Waals surface area contributed by atoms with Crippen molar-refractivity contribution < 1.29 is 0 Å². The Morgan fingerprint density at radius 2 is 1.89 bits per heavy atom. The van der Waals surface area contributed by atoms with Gasteiger partial charge in [0.1, 0.15) is 0 Å². The second-order valence-electron chi connectivity index (χ2n) is 2.65. The van der Waals surface area contributed by atoms with Crippen LogP contribution in [0.25, 0.3) is 0 Å². The van der Waals surface area contributed by atoms with Crippen LogP contribution in [0.5, 0.6) is 0 Å². The fourth-order valence-electron chi connectivity index (χ4n) is 0.844. The van der Waals surface area contributed by atoms with E-state index in [1.807, 2.05) is 6.92 Å². The van der Waals surface area contributed by atoms with Gasteiger partial charge in [0.05, 0.1) is 0 Å². The molecule has 0 saturated heterocycles. The fourth-order valence-corrected chi connectivity index (χ4v) is 0.844. The Morgan fingerprint density at radius 3 is 2.22 bits per heavy atom. The molecule has 0 aromatic heterocycles. The van der Waals surface area contributed by atoms with Crippen molar-refractivity contribution in [2.75, 3.05) is 0 Å². The van der Waals surface area contributed by atoms with Crippen molar-refractivity contribution >= 4 is 0 Å². The molecule has 0 radical (unpaired) electrons. The van der Waals surface area contributed by atoms with E-state index in [2.05, 4.69) is 39.0 Å². The van der Waals surface area contributed by atoms with Crippen molar-refractivity contribution in [3.8, 4) is 0 Å². The molecule has 0 spiro atoms. The lowest BCUT2D eigenvalue weighted by molar-refractivity contribution is 0.825. The topological polar surface area (TPSA) is 0 Å². The highest BCUT2D eigenvalue weighted by atomic mass is 13.9. The zero-order valence-corrected chi connectivity index (χ0v) is 6.81. The van der Waals surface area contributed by atoms with Crippen molar-refractivity contribution in [2.24, 2.45) is 5.92 Å². The van der Waals surface area contributed by atoms with Crippen LogP contribution in [0.2, 0.25) is 0 Å². The third-order valence-corrected chi connectivity index (χ3v) is 1.03. The Hall–Kier alpha value is -0.520. The monoisotopic (exact) mass is 124 g/mol. The third-order valence-electron chi connectivity index (χ3n) is 1.03. The molecule has 0 rings (SSSR count). The van der Waals surface area contributed by atoms with E-state index >= 15 is 0 Å². The molecule has 0 amide bonds. The molecule has 0 aliphatic rings. The fraction of sp³-hybridized carbons (Fsp3) is 0.556. The average Bonchev–Trinajstić information content (AvgIpc) is 1.63. The minimum absolute atomic E-state index is 0.668. The normalized spacial score (nSPS) is 13.7. The lowest BCUT2D eigenvalue weighted by atomic mass is 10.1. The van der Waals surface area contributed by atoms with Gasteiger partial charge in [-0.25, -0.2) is 0 Å². The van der Waals surface area contributed by atoms with Crippen LogP contribution in [0.1, 0.15) is 27.7 Å². The van der Waals surface area contributed by atoms with Gasteiger partial charge >= 0.3 is 0 Å². The maximum Gasteiger partial charge on any atom is -0.0285 e. The van der Waals surface area contributed by atoms with Crippen LogP contribution in [0, 0.1) is 5.92 Å². The van der Waals surface area contributed by atoms with Crippen LogP contribution < -0.4 is 0 Å². The van der Waals surface area contributed by atoms with Gasteiger partial charge in [-0.1, -0.05) is 37.6 Å². The largest absolute Gasteiger partial charge is 0.0874 e. The molecule has 0 unspecified atom stereocenters. The van der Waals surface area contributed by atoms with E-state index in [0.29, 0.717) is 5.92 Å². The Labute approximate surface area is 58.3 Å². The van der Waals surface area contributed by atoms with Crippen LogP contribution >= 0.6 is 0 Å². The summed E-state index contributed by atoms with van der Waals surface area (Å²) in [4.78, 5) is 0. The van der Waals surface area contributed by atoms with Gasteiger partial charge in [0.2, 0.25) is 0 Å². The molecule has 0 saturated carbocycles. The molecule has 0 aromatic rings. The molecule has 0 nitrogen and oxygen atoms in total. The van der Waals surface area contributed by atoms with Gasteiger partial charge < -0.3 is 0 Å². The summed E-state index contributed by atoms with van der Waals surface area (Å²) >= 11 is 0. The van der Waals surface area contributed by atoms with E-state index in [0.717, 1.165) is 0 Å². The Morgan fingerprint density at radius 1 is 1.33 bits per heavy atom. The minimum Gasteiger partial charge on any atom is -0.0874 e. The molecule has 0 N–H and O–H groups in total. The van der Waals surface area contributed by atoms with Gasteiger partial charge in [-0.2, -0.15) is 0 Å². The predicted octanol–water partition coefficient (Wildman–Crippen LogP) is 3.16. The van der Waals surface area contributed by atoms with Crippen LogP contribution in [-0.4, -0.2) is 0 Å². The molecule has 0 heteroatoms. The molecular weight excluding hydrogens is 108 g/mol. The van der Waals surface area contributed by atoms with E-state index in [1.165, 1.54) is 5.57 Å². The summed E-state index contributed by atoms with van der Waals surface area (Å²) in [5.74, 6) is 0.668. The van der Waals surface area contributed by atoms with E-state index in [9.17, 15) is 0 Å². The van der Waals surface area contributed by atoms with Gasteiger partial charge in [-0.05, 0) is 19.8 Å². The summed E-state index contributed by atoms with van der Waals surface area (Å²) in [5, 5.41) is 0. The highest BCUT2D eigenvalue weighted by molar-refractivity contribution is 5.15. The molecule has 0 atom stereocenters. The zero-order chi connectivity index (χ0) is 7.28. The first kappa shape index (κ1) is 8.48. The first-order valence-corrected chi connectivity index (χ1v) is 3.48. The maximum atomic E-state index is 2.25. The highest BCUT2D eigenvalue weighted by Gasteiger charge is 1.85. The Bertz CT molecular complexity index is 116. The molecule has 0 aliphatic carbocycles.